The third-order valence-electron chi connectivity index (χ3n) is 5.00. The zero-order valence-electron chi connectivity index (χ0n) is 16.3. The summed E-state index contributed by atoms with van der Waals surface area (Å²) < 4.78 is 0.942. The van der Waals surface area contributed by atoms with E-state index in [0.29, 0.717) is 16.4 Å². The molecular weight excluding hydrogens is 426 g/mol. The van der Waals surface area contributed by atoms with Gasteiger partial charge in [-0.05, 0) is 43.4 Å². The number of hydrogen-bond donors (Lipinski definition) is 1. The smallest absolute Gasteiger partial charge is 0.234 e. The van der Waals surface area contributed by atoms with E-state index in [2.05, 4.69) is 27.1 Å². The Balaban J connectivity index is 1.43. The molecular formula is C20H22ClN5OS2. The van der Waals surface area contributed by atoms with Gasteiger partial charge in [0.2, 0.25) is 5.91 Å². The molecule has 9 heteroatoms. The van der Waals surface area contributed by atoms with Crippen molar-refractivity contribution < 1.29 is 4.79 Å². The van der Waals surface area contributed by atoms with Crippen molar-refractivity contribution in [3.05, 3.63) is 35.1 Å². The molecule has 6 nitrogen and oxygen atoms in total. The summed E-state index contributed by atoms with van der Waals surface area (Å²) in [5, 5.41) is 5.30. The van der Waals surface area contributed by atoms with Crippen molar-refractivity contribution in [1.29, 1.82) is 0 Å². The van der Waals surface area contributed by atoms with E-state index < -0.39 is 0 Å². The number of thiazole rings is 1. The molecule has 1 aliphatic heterocycles. The molecule has 0 saturated carbocycles. The fraction of sp³-hybridized carbons (Fsp3) is 0.400. The number of carbonyl (C=O) groups excluding carboxylic acids is 1. The standard InChI is InChI=1S/C20H22ClN5OS2/c1-12-5-7-26(8-6-12)20-25-18-17(29-20)19(23-11-22-18)28-10-16(27)24-14-4-3-13(2)15(21)9-14/h3-4,9,11-12H,5-8,10H2,1-2H3,(H,24,27). The molecule has 2 aromatic heterocycles. The number of anilines is 2. The Hall–Kier alpha value is -1.90. The van der Waals surface area contributed by atoms with E-state index in [1.165, 1.54) is 30.9 Å². The minimum Gasteiger partial charge on any atom is -0.348 e. The third kappa shape index (κ3) is 4.82. The molecule has 0 spiro atoms. The highest BCUT2D eigenvalue weighted by Gasteiger charge is 2.20. The van der Waals surface area contributed by atoms with Crippen molar-refractivity contribution in [1.82, 2.24) is 15.0 Å². The van der Waals surface area contributed by atoms with Gasteiger partial charge in [0.05, 0.1) is 5.75 Å². The van der Waals surface area contributed by atoms with E-state index in [1.807, 2.05) is 19.1 Å². The van der Waals surface area contributed by atoms with Crippen LogP contribution < -0.4 is 10.2 Å². The Kier molecular flexibility index (Phi) is 6.22. The highest BCUT2D eigenvalue weighted by atomic mass is 35.5. The van der Waals surface area contributed by atoms with Gasteiger partial charge in [0.1, 0.15) is 16.1 Å². The first-order valence-electron chi connectivity index (χ1n) is 9.55. The largest absolute Gasteiger partial charge is 0.348 e. The number of aryl methyl sites for hydroxylation is 1. The molecule has 1 saturated heterocycles. The molecule has 0 aliphatic carbocycles. The van der Waals surface area contributed by atoms with Crippen LogP contribution in [0.5, 0.6) is 0 Å². The van der Waals surface area contributed by atoms with Gasteiger partial charge >= 0.3 is 0 Å². The molecule has 1 aromatic carbocycles. The maximum absolute atomic E-state index is 12.4. The lowest BCUT2D eigenvalue weighted by Gasteiger charge is -2.29. The number of thioether (sulfide) groups is 1. The van der Waals surface area contributed by atoms with Gasteiger partial charge in [-0.15, -0.1) is 0 Å². The minimum absolute atomic E-state index is 0.101. The van der Waals surface area contributed by atoms with Gasteiger partial charge in [0, 0.05) is 23.8 Å². The molecule has 0 atom stereocenters. The number of amides is 1. The number of nitrogens with one attached hydrogen (secondary N) is 1. The average Bonchev–Trinajstić information content (AvgIpc) is 3.14. The van der Waals surface area contributed by atoms with E-state index >= 15 is 0 Å². The topological polar surface area (TPSA) is 71.0 Å². The molecule has 29 heavy (non-hydrogen) atoms. The average molecular weight is 448 g/mol. The number of nitrogens with zero attached hydrogens (tertiary/aromatic N) is 4. The van der Waals surface area contributed by atoms with Crippen LogP contribution in [0.3, 0.4) is 0 Å². The summed E-state index contributed by atoms with van der Waals surface area (Å²) in [6.45, 7) is 6.28. The van der Waals surface area contributed by atoms with Gasteiger partial charge in [-0.3, -0.25) is 4.79 Å². The normalized spacial score (nSPS) is 15.1. The second-order valence-corrected chi connectivity index (χ2v) is 9.65. The first-order chi connectivity index (χ1) is 14.0. The van der Waals surface area contributed by atoms with Crippen LogP contribution in [0.2, 0.25) is 5.02 Å². The molecule has 3 aromatic rings. The number of fused-ring (bicyclic) bond motifs is 1. The number of hydrogen-bond acceptors (Lipinski definition) is 7. The lowest BCUT2D eigenvalue weighted by molar-refractivity contribution is -0.113. The number of carbonyl (C=O) groups is 1. The Labute approximate surface area is 183 Å². The summed E-state index contributed by atoms with van der Waals surface area (Å²) >= 11 is 9.14. The molecule has 3 heterocycles. The van der Waals surface area contributed by atoms with Gasteiger partial charge in [-0.1, -0.05) is 47.7 Å². The van der Waals surface area contributed by atoms with Crippen LogP contribution in [0, 0.1) is 12.8 Å². The maximum Gasteiger partial charge on any atom is 0.234 e. The van der Waals surface area contributed by atoms with Crippen LogP contribution in [0.1, 0.15) is 25.3 Å². The quantitative estimate of drug-likeness (QED) is 0.437. The Morgan fingerprint density at radius 3 is 2.90 bits per heavy atom. The second kappa shape index (κ2) is 8.85. The number of rotatable bonds is 5. The molecule has 152 valence electrons. The van der Waals surface area contributed by atoms with E-state index in [0.717, 1.165) is 39.4 Å². The summed E-state index contributed by atoms with van der Waals surface area (Å²) in [4.78, 5) is 28.1. The first-order valence-corrected chi connectivity index (χ1v) is 11.7. The van der Waals surface area contributed by atoms with E-state index in [1.54, 1.807) is 17.4 Å². The van der Waals surface area contributed by atoms with Gasteiger partial charge in [-0.25, -0.2) is 9.97 Å². The van der Waals surface area contributed by atoms with Crippen molar-refractivity contribution in [2.24, 2.45) is 5.92 Å². The van der Waals surface area contributed by atoms with Crippen LogP contribution in [0.15, 0.2) is 29.6 Å². The van der Waals surface area contributed by atoms with Gasteiger partial charge < -0.3 is 10.2 Å². The fourth-order valence-electron chi connectivity index (χ4n) is 3.16. The maximum atomic E-state index is 12.4. The summed E-state index contributed by atoms with van der Waals surface area (Å²) in [5.74, 6) is 0.927. The zero-order valence-corrected chi connectivity index (χ0v) is 18.7. The number of piperidine rings is 1. The highest BCUT2D eigenvalue weighted by Crippen LogP contribution is 2.35. The molecule has 0 bridgehead atoms. The predicted octanol–water partition coefficient (Wildman–Crippen LogP) is 5.02. The SMILES string of the molecule is Cc1ccc(NC(=O)CSc2ncnc3nc(N4CCC(C)CC4)sc23)cc1Cl. The number of halogens is 1. The van der Waals surface area contributed by atoms with E-state index in [9.17, 15) is 4.79 Å². The number of aromatic nitrogens is 3. The van der Waals surface area contributed by atoms with Crippen molar-refractivity contribution in [3.63, 3.8) is 0 Å². The molecule has 1 aliphatic rings. The Morgan fingerprint density at radius 1 is 1.34 bits per heavy atom. The third-order valence-corrected chi connectivity index (χ3v) is 7.63. The summed E-state index contributed by atoms with van der Waals surface area (Å²) in [6, 6.07) is 5.50. The van der Waals surface area contributed by atoms with Crippen molar-refractivity contribution in [3.8, 4) is 0 Å². The Bertz CT molecular complexity index is 1030. The minimum atomic E-state index is -0.101. The molecule has 4 rings (SSSR count). The van der Waals surface area contributed by atoms with Crippen LogP contribution >= 0.6 is 34.7 Å². The summed E-state index contributed by atoms with van der Waals surface area (Å²) in [6.07, 6.45) is 3.89. The van der Waals surface area contributed by atoms with Crippen LogP contribution in [0.25, 0.3) is 10.3 Å². The van der Waals surface area contributed by atoms with Gasteiger partial charge in [0.15, 0.2) is 10.8 Å². The molecule has 1 amide bonds. The highest BCUT2D eigenvalue weighted by molar-refractivity contribution is 8.00. The number of benzene rings is 1. The fourth-order valence-corrected chi connectivity index (χ4v) is 5.28. The Morgan fingerprint density at radius 2 is 2.14 bits per heavy atom. The van der Waals surface area contributed by atoms with Gasteiger partial charge in [0.25, 0.3) is 0 Å². The predicted molar refractivity (Wildman–Crippen MR) is 121 cm³/mol. The lowest BCUT2D eigenvalue weighted by atomic mass is 10.00. The van der Waals surface area contributed by atoms with Crippen molar-refractivity contribution >= 4 is 61.8 Å². The van der Waals surface area contributed by atoms with Crippen LogP contribution in [0.4, 0.5) is 10.8 Å². The van der Waals surface area contributed by atoms with E-state index in [4.69, 9.17) is 16.6 Å². The van der Waals surface area contributed by atoms with Crippen LogP contribution in [-0.2, 0) is 4.79 Å². The van der Waals surface area contributed by atoms with Crippen LogP contribution in [-0.4, -0.2) is 39.7 Å². The van der Waals surface area contributed by atoms with E-state index in [-0.39, 0.29) is 11.7 Å². The van der Waals surface area contributed by atoms with Gasteiger partial charge in [-0.2, -0.15) is 4.98 Å². The summed E-state index contributed by atoms with van der Waals surface area (Å²) in [5.41, 5.74) is 2.37. The van der Waals surface area contributed by atoms with Crippen molar-refractivity contribution in [2.45, 2.75) is 31.7 Å². The zero-order chi connectivity index (χ0) is 20.4. The first kappa shape index (κ1) is 20.4. The second-order valence-electron chi connectivity index (χ2n) is 7.30. The van der Waals surface area contributed by atoms with Crippen molar-refractivity contribution in [2.75, 3.05) is 29.1 Å². The summed E-state index contributed by atoms with van der Waals surface area (Å²) in [7, 11) is 0. The lowest BCUT2D eigenvalue weighted by Crippen LogP contribution is -2.32. The molecule has 1 N–H and O–H groups in total. The molecule has 0 unspecified atom stereocenters. The molecule has 1 fully saturated rings. The monoisotopic (exact) mass is 447 g/mol. The molecule has 0 radical (unpaired) electrons.